The van der Waals surface area contributed by atoms with Gasteiger partial charge in [0.05, 0.1) is 12.2 Å². The van der Waals surface area contributed by atoms with Crippen molar-refractivity contribution in [2.75, 3.05) is 13.2 Å². The highest BCUT2D eigenvalue weighted by atomic mass is 16.3. The maximum Gasteiger partial charge on any atom is 0.253 e. The molecule has 5 heteroatoms. The molecule has 0 radical (unpaired) electrons. The van der Waals surface area contributed by atoms with Gasteiger partial charge in [-0.25, -0.2) is 0 Å². The second-order valence-electron chi connectivity index (χ2n) is 7.33. The fourth-order valence-electron chi connectivity index (χ4n) is 4.13. The summed E-state index contributed by atoms with van der Waals surface area (Å²) in [4.78, 5) is 12.8. The van der Waals surface area contributed by atoms with Crippen molar-refractivity contribution in [2.45, 2.75) is 51.5 Å². The molecule has 0 bridgehead atoms. The molecule has 0 saturated heterocycles. The third kappa shape index (κ3) is 4.27. The summed E-state index contributed by atoms with van der Waals surface area (Å²) in [6.45, 7) is 1.33. The Morgan fingerprint density at radius 1 is 1.24 bits per heavy atom. The molecule has 3 rings (SSSR count). The van der Waals surface area contributed by atoms with Gasteiger partial charge in [-0.1, -0.05) is 56.1 Å². The lowest BCUT2D eigenvalue weighted by atomic mass is 9.90. The topological polar surface area (TPSA) is 54.3 Å². The van der Waals surface area contributed by atoms with Crippen LogP contribution >= 0.6 is 0 Å². The van der Waals surface area contributed by atoms with E-state index in [1.54, 1.807) is 0 Å². The molecule has 0 unspecified atom stereocenters. The maximum atomic E-state index is 12.8. The average Bonchev–Trinajstić information content (AvgIpc) is 2.79. The zero-order valence-corrected chi connectivity index (χ0v) is 15.3. The number of aliphatic hydroxyl groups is 1. The summed E-state index contributed by atoms with van der Waals surface area (Å²) < 4.78 is 1.97. The van der Waals surface area contributed by atoms with Crippen LogP contribution in [0.15, 0.2) is 24.4 Å². The van der Waals surface area contributed by atoms with E-state index in [2.05, 4.69) is 5.32 Å². The minimum Gasteiger partial charge on any atom is -0.395 e. The summed E-state index contributed by atoms with van der Waals surface area (Å²) in [6.07, 6.45) is 11.0. The van der Waals surface area contributed by atoms with Crippen molar-refractivity contribution < 1.29 is 9.90 Å². The SMILES string of the molecule is Bc1cccc2c1c(C(=O)NCCC1CCCCCC1)cn2CCO. The molecule has 1 heterocycles. The first-order valence-corrected chi connectivity index (χ1v) is 9.68. The van der Waals surface area contributed by atoms with E-state index in [9.17, 15) is 9.90 Å². The Morgan fingerprint density at radius 3 is 2.72 bits per heavy atom. The molecule has 134 valence electrons. The van der Waals surface area contributed by atoms with Crippen LogP contribution in [0.3, 0.4) is 0 Å². The normalized spacial score (nSPS) is 16.0. The number of rotatable bonds is 6. The minimum absolute atomic E-state index is 0.00427. The summed E-state index contributed by atoms with van der Waals surface area (Å²) in [7, 11) is 2.04. The van der Waals surface area contributed by atoms with Crippen molar-refractivity contribution in [1.82, 2.24) is 9.88 Å². The van der Waals surface area contributed by atoms with Crippen LogP contribution in [0.5, 0.6) is 0 Å². The van der Waals surface area contributed by atoms with E-state index in [0.717, 1.165) is 40.8 Å². The molecule has 25 heavy (non-hydrogen) atoms. The number of amides is 1. The van der Waals surface area contributed by atoms with Crippen LogP contribution in [0, 0.1) is 5.92 Å². The number of carbonyl (C=O) groups excluding carboxylic acids is 1. The van der Waals surface area contributed by atoms with E-state index in [1.807, 2.05) is 36.8 Å². The van der Waals surface area contributed by atoms with Crippen LogP contribution in [0.1, 0.15) is 55.3 Å². The fraction of sp³-hybridized carbons (Fsp3) is 0.550. The molecule has 0 atom stereocenters. The van der Waals surface area contributed by atoms with Crippen LogP contribution in [0.25, 0.3) is 10.9 Å². The monoisotopic (exact) mass is 340 g/mol. The summed E-state index contributed by atoms with van der Waals surface area (Å²) >= 11 is 0. The van der Waals surface area contributed by atoms with Gasteiger partial charge in [-0.05, 0) is 18.4 Å². The van der Waals surface area contributed by atoms with Crippen LogP contribution < -0.4 is 10.8 Å². The van der Waals surface area contributed by atoms with Crippen molar-refractivity contribution in [2.24, 2.45) is 5.92 Å². The summed E-state index contributed by atoms with van der Waals surface area (Å²) in [6, 6.07) is 6.05. The molecular formula is C20H29BN2O2. The molecule has 0 spiro atoms. The zero-order chi connectivity index (χ0) is 17.6. The Labute approximate surface area is 151 Å². The lowest BCUT2D eigenvalue weighted by Crippen LogP contribution is -2.26. The lowest BCUT2D eigenvalue weighted by molar-refractivity contribution is 0.0952. The molecule has 1 fully saturated rings. The number of fused-ring (bicyclic) bond motifs is 1. The Bertz CT molecular complexity index is 718. The molecule has 1 aliphatic carbocycles. The molecular weight excluding hydrogens is 311 g/mol. The van der Waals surface area contributed by atoms with Crippen LogP contribution in [0.2, 0.25) is 0 Å². The van der Waals surface area contributed by atoms with Crippen molar-refractivity contribution in [1.29, 1.82) is 0 Å². The Morgan fingerprint density at radius 2 is 2.00 bits per heavy atom. The van der Waals surface area contributed by atoms with Crippen molar-refractivity contribution in [3.05, 3.63) is 30.0 Å². The van der Waals surface area contributed by atoms with E-state index in [1.165, 1.54) is 38.5 Å². The van der Waals surface area contributed by atoms with Gasteiger partial charge >= 0.3 is 0 Å². The Balaban J connectivity index is 1.69. The first-order chi connectivity index (χ1) is 12.2. The van der Waals surface area contributed by atoms with Gasteiger partial charge in [0.15, 0.2) is 0 Å². The van der Waals surface area contributed by atoms with Gasteiger partial charge in [-0.15, -0.1) is 0 Å². The van der Waals surface area contributed by atoms with Crippen LogP contribution in [-0.4, -0.2) is 36.6 Å². The molecule has 0 aliphatic heterocycles. The largest absolute Gasteiger partial charge is 0.395 e. The van der Waals surface area contributed by atoms with Gasteiger partial charge in [0.1, 0.15) is 7.85 Å². The third-order valence-corrected chi connectivity index (χ3v) is 5.51. The van der Waals surface area contributed by atoms with E-state index >= 15 is 0 Å². The van der Waals surface area contributed by atoms with Crippen LogP contribution in [0.4, 0.5) is 0 Å². The standard InChI is InChI=1S/C20H29BN2O2/c21-17-8-5-9-18-19(17)16(14-23(18)12-13-24)20(25)22-11-10-15-6-3-1-2-4-7-15/h5,8-9,14-15,24H,1-4,6-7,10-13,21H2,(H,22,25). The predicted octanol–water partition coefficient (Wildman–Crippen LogP) is 1.98. The van der Waals surface area contributed by atoms with Gasteiger partial charge in [-0.2, -0.15) is 0 Å². The van der Waals surface area contributed by atoms with Crippen LogP contribution in [-0.2, 0) is 6.54 Å². The predicted molar refractivity (Wildman–Crippen MR) is 105 cm³/mol. The Kier molecular flexibility index (Phi) is 6.19. The summed E-state index contributed by atoms with van der Waals surface area (Å²) in [5.41, 5.74) is 2.84. The van der Waals surface area contributed by atoms with E-state index in [0.29, 0.717) is 6.54 Å². The summed E-state index contributed by atoms with van der Waals surface area (Å²) in [5, 5.41) is 13.4. The summed E-state index contributed by atoms with van der Waals surface area (Å²) in [5.74, 6) is 0.768. The van der Waals surface area contributed by atoms with Crippen molar-refractivity contribution in [3.8, 4) is 0 Å². The van der Waals surface area contributed by atoms with Gasteiger partial charge in [0, 0.05) is 30.2 Å². The van der Waals surface area contributed by atoms with Gasteiger partial charge in [0.2, 0.25) is 0 Å². The van der Waals surface area contributed by atoms with Gasteiger partial charge < -0.3 is 15.0 Å². The van der Waals surface area contributed by atoms with Gasteiger partial charge in [0.25, 0.3) is 5.91 Å². The zero-order valence-electron chi connectivity index (χ0n) is 15.3. The number of carbonyl (C=O) groups is 1. The third-order valence-electron chi connectivity index (χ3n) is 5.51. The number of hydrogen-bond donors (Lipinski definition) is 2. The molecule has 1 aromatic heterocycles. The molecule has 4 nitrogen and oxygen atoms in total. The quantitative estimate of drug-likeness (QED) is 0.624. The number of nitrogens with one attached hydrogen (secondary N) is 1. The molecule has 1 amide bonds. The molecule has 2 aromatic rings. The molecule has 1 saturated carbocycles. The number of aromatic nitrogens is 1. The highest BCUT2D eigenvalue weighted by Gasteiger charge is 2.17. The van der Waals surface area contributed by atoms with E-state index < -0.39 is 0 Å². The van der Waals surface area contributed by atoms with Crippen molar-refractivity contribution in [3.63, 3.8) is 0 Å². The van der Waals surface area contributed by atoms with Crippen molar-refractivity contribution >= 4 is 30.1 Å². The average molecular weight is 340 g/mol. The van der Waals surface area contributed by atoms with Gasteiger partial charge in [-0.3, -0.25) is 4.79 Å². The first-order valence-electron chi connectivity index (χ1n) is 9.68. The second-order valence-corrected chi connectivity index (χ2v) is 7.33. The molecule has 2 N–H and O–H groups in total. The Hall–Kier alpha value is -1.75. The second kappa shape index (κ2) is 8.57. The number of nitrogens with zero attached hydrogens (tertiary/aromatic N) is 1. The first kappa shape index (κ1) is 18.1. The minimum atomic E-state index is 0.00427. The molecule has 1 aliphatic rings. The number of benzene rings is 1. The van der Waals surface area contributed by atoms with E-state index in [-0.39, 0.29) is 12.5 Å². The smallest absolute Gasteiger partial charge is 0.253 e. The number of aliphatic hydroxyl groups excluding tert-OH is 1. The number of hydrogen-bond acceptors (Lipinski definition) is 2. The maximum absolute atomic E-state index is 12.8. The molecule has 1 aromatic carbocycles. The van der Waals surface area contributed by atoms with E-state index in [4.69, 9.17) is 0 Å². The highest BCUT2D eigenvalue weighted by Crippen LogP contribution is 2.25. The fourth-order valence-corrected chi connectivity index (χ4v) is 4.13. The highest BCUT2D eigenvalue weighted by molar-refractivity contribution is 6.40. The lowest BCUT2D eigenvalue weighted by Gasteiger charge is -2.14.